The van der Waals surface area contributed by atoms with Gasteiger partial charge >= 0.3 is 5.97 Å². The maximum Gasteiger partial charge on any atom is 0.308 e. The second kappa shape index (κ2) is 8.99. The summed E-state index contributed by atoms with van der Waals surface area (Å²) in [5.74, 6) is -0.0578. The minimum absolute atomic E-state index is 0.0701. The van der Waals surface area contributed by atoms with Gasteiger partial charge in [-0.25, -0.2) is 0 Å². The lowest BCUT2D eigenvalue weighted by Crippen LogP contribution is -2.47. The van der Waals surface area contributed by atoms with E-state index in [0.717, 1.165) is 23.4 Å². The van der Waals surface area contributed by atoms with Crippen LogP contribution < -0.4 is 10.6 Å². The number of carbonyl (C=O) groups is 3. The van der Waals surface area contributed by atoms with Crippen molar-refractivity contribution in [1.82, 2.24) is 5.32 Å². The highest BCUT2D eigenvalue weighted by atomic mass is 32.2. The lowest BCUT2D eigenvalue weighted by Gasteiger charge is -2.35. The van der Waals surface area contributed by atoms with Crippen LogP contribution in [0, 0.1) is 11.8 Å². The SMILES string of the molecule is C[C@@H]1[C@@H](C)CCC[C@H]1NC(=O)[C@@H](C)OC(=O)C[C@H]1Sc2ccccc2NC1=O. The predicted octanol–water partition coefficient (Wildman–Crippen LogP) is 3.36. The first-order chi connectivity index (χ1) is 13.3. The number of benzene rings is 1. The Hall–Kier alpha value is -2.02. The van der Waals surface area contributed by atoms with E-state index >= 15 is 0 Å². The van der Waals surface area contributed by atoms with Crippen molar-refractivity contribution in [3.8, 4) is 0 Å². The normalized spacial score (nSPS) is 27.9. The molecule has 0 unspecified atom stereocenters. The molecule has 1 aliphatic heterocycles. The number of esters is 1. The van der Waals surface area contributed by atoms with E-state index in [9.17, 15) is 14.4 Å². The van der Waals surface area contributed by atoms with Gasteiger partial charge in [0.2, 0.25) is 5.91 Å². The molecule has 0 saturated heterocycles. The standard InChI is InChI=1S/C21H28N2O4S/c1-12-7-6-9-15(13(12)2)22-20(25)14(3)27-19(24)11-18-21(26)23-16-8-4-5-10-17(16)28-18/h4-5,8,10,12-15,18H,6-7,9,11H2,1-3H3,(H,22,25)(H,23,26)/t12-,13+,14+,15+,18+/m0/s1. The van der Waals surface area contributed by atoms with Gasteiger partial charge in [0.15, 0.2) is 6.10 Å². The number of ether oxygens (including phenoxy) is 1. The largest absolute Gasteiger partial charge is 0.453 e. The highest BCUT2D eigenvalue weighted by Gasteiger charge is 2.32. The van der Waals surface area contributed by atoms with Crippen LogP contribution >= 0.6 is 11.8 Å². The molecule has 3 rings (SSSR count). The molecular formula is C21H28N2O4S. The number of anilines is 1. The quantitative estimate of drug-likeness (QED) is 0.735. The molecule has 1 fully saturated rings. The van der Waals surface area contributed by atoms with Crippen LogP contribution in [0.15, 0.2) is 29.2 Å². The van der Waals surface area contributed by atoms with Crippen LogP contribution in [0.3, 0.4) is 0 Å². The van der Waals surface area contributed by atoms with Gasteiger partial charge < -0.3 is 15.4 Å². The molecule has 0 spiro atoms. The van der Waals surface area contributed by atoms with Gasteiger partial charge in [-0.1, -0.05) is 38.8 Å². The zero-order valence-corrected chi connectivity index (χ0v) is 17.4. The van der Waals surface area contributed by atoms with Crippen molar-refractivity contribution >= 4 is 35.2 Å². The Balaban J connectivity index is 1.50. The average Bonchev–Trinajstić information content (AvgIpc) is 2.66. The van der Waals surface area contributed by atoms with Crippen LogP contribution in [-0.4, -0.2) is 35.2 Å². The average molecular weight is 405 g/mol. The molecule has 0 bridgehead atoms. The van der Waals surface area contributed by atoms with Crippen molar-refractivity contribution < 1.29 is 19.1 Å². The maximum atomic E-state index is 12.4. The first-order valence-corrected chi connectivity index (χ1v) is 10.8. The number of carbonyl (C=O) groups excluding carboxylic acids is 3. The third-order valence-corrected chi connectivity index (χ3v) is 7.05. The summed E-state index contributed by atoms with van der Waals surface area (Å²) in [4.78, 5) is 37.9. The topological polar surface area (TPSA) is 84.5 Å². The van der Waals surface area contributed by atoms with Crippen molar-refractivity contribution in [1.29, 1.82) is 0 Å². The fourth-order valence-corrected chi connectivity index (χ4v) is 4.86. The highest BCUT2D eigenvalue weighted by molar-refractivity contribution is 8.01. The Bertz CT molecular complexity index is 754. The van der Waals surface area contributed by atoms with E-state index in [1.807, 2.05) is 24.3 Å². The molecule has 0 radical (unpaired) electrons. The third-order valence-electron chi connectivity index (χ3n) is 5.77. The van der Waals surface area contributed by atoms with Crippen molar-refractivity contribution in [3.05, 3.63) is 24.3 Å². The zero-order chi connectivity index (χ0) is 20.3. The third kappa shape index (κ3) is 4.87. The molecule has 1 aliphatic carbocycles. The van der Waals surface area contributed by atoms with Gasteiger partial charge in [0, 0.05) is 10.9 Å². The van der Waals surface area contributed by atoms with Gasteiger partial charge in [-0.05, 0) is 37.3 Å². The molecule has 152 valence electrons. The highest BCUT2D eigenvalue weighted by Crippen LogP contribution is 2.36. The molecular weight excluding hydrogens is 376 g/mol. The number of hydrogen-bond donors (Lipinski definition) is 2. The number of amides is 2. The van der Waals surface area contributed by atoms with Crippen molar-refractivity contribution in [3.63, 3.8) is 0 Å². The van der Waals surface area contributed by atoms with Gasteiger partial charge in [-0.2, -0.15) is 0 Å². The summed E-state index contributed by atoms with van der Waals surface area (Å²) in [5.41, 5.74) is 0.755. The Morgan fingerprint density at radius 3 is 2.82 bits per heavy atom. The molecule has 6 nitrogen and oxygen atoms in total. The fourth-order valence-electron chi connectivity index (χ4n) is 3.76. The Labute approximate surface area is 170 Å². The maximum absolute atomic E-state index is 12.4. The van der Waals surface area contributed by atoms with Crippen LogP contribution in [0.4, 0.5) is 5.69 Å². The number of nitrogens with one attached hydrogen (secondary N) is 2. The molecule has 1 aromatic carbocycles. The molecule has 1 heterocycles. The lowest BCUT2D eigenvalue weighted by atomic mass is 9.78. The van der Waals surface area contributed by atoms with Gasteiger partial charge in [-0.3, -0.25) is 14.4 Å². The van der Waals surface area contributed by atoms with Crippen LogP contribution in [0.2, 0.25) is 0 Å². The van der Waals surface area contributed by atoms with Crippen LogP contribution in [0.5, 0.6) is 0 Å². The summed E-state index contributed by atoms with van der Waals surface area (Å²) in [6, 6.07) is 7.59. The second-order valence-corrected chi connectivity index (χ2v) is 9.06. The van der Waals surface area contributed by atoms with Crippen molar-refractivity contribution in [2.75, 3.05) is 5.32 Å². The second-order valence-electron chi connectivity index (χ2n) is 7.81. The summed E-state index contributed by atoms with van der Waals surface area (Å²) in [6.45, 7) is 5.94. The Morgan fingerprint density at radius 1 is 1.29 bits per heavy atom. The molecule has 2 N–H and O–H groups in total. The minimum atomic E-state index is -0.874. The molecule has 7 heteroatoms. The molecule has 0 aromatic heterocycles. The van der Waals surface area contributed by atoms with Crippen LogP contribution in [-0.2, 0) is 19.1 Å². The number of thioether (sulfide) groups is 1. The van der Waals surface area contributed by atoms with Gasteiger partial charge in [-0.15, -0.1) is 11.8 Å². The van der Waals surface area contributed by atoms with E-state index in [0.29, 0.717) is 11.8 Å². The molecule has 2 aliphatic rings. The smallest absolute Gasteiger partial charge is 0.308 e. The van der Waals surface area contributed by atoms with E-state index in [4.69, 9.17) is 4.74 Å². The molecule has 1 saturated carbocycles. The summed E-state index contributed by atoms with van der Waals surface area (Å²) in [6.07, 6.45) is 2.29. The summed E-state index contributed by atoms with van der Waals surface area (Å²) in [5, 5.41) is 5.28. The molecule has 5 atom stereocenters. The van der Waals surface area contributed by atoms with Crippen molar-refractivity contribution in [2.24, 2.45) is 11.8 Å². The van der Waals surface area contributed by atoms with Gasteiger partial charge in [0.25, 0.3) is 5.91 Å². The summed E-state index contributed by atoms with van der Waals surface area (Å²) in [7, 11) is 0. The predicted molar refractivity (Wildman–Crippen MR) is 109 cm³/mol. The number of fused-ring (bicyclic) bond motifs is 1. The van der Waals surface area contributed by atoms with E-state index in [1.165, 1.54) is 18.2 Å². The number of hydrogen-bond acceptors (Lipinski definition) is 5. The molecule has 28 heavy (non-hydrogen) atoms. The van der Waals surface area contributed by atoms with E-state index in [2.05, 4.69) is 24.5 Å². The van der Waals surface area contributed by atoms with E-state index in [-0.39, 0.29) is 24.3 Å². The molecule has 1 aromatic rings. The molecule has 2 amide bonds. The van der Waals surface area contributed by atoms with E-state index < -0.39 is 17.3 Å². The Kier molecular flexibility index (Phi) is 6.65. The summed E-state index contributed by atoms with van der Waals surface area (Å²) < 4.78 is 5.31. The monoisotopic (exact) mass is 404 g/mol. The lowest BCUT2D eigenvalue weighted by molar-refractivity contribution is -0.155. The van der Waals surface area contributed by atoms with Gasteiger partial charge in [0.05, 0.1) is 17.4 Å². The number of rotatable bonds is 5. The zero-order valence-electron chi connectivity index (χ0n) is 16.6. The Morgan fingerprint density at radius 2 is 2.04 bits per heavy atom. The summed E-state index contributed by atoms with van der Waals surface area (Å²) >= 11 is 1.34. The van der Waals surface area contributed by atoms with Crippen LogP contribution in [0.1, 0.15) is 46.5 Å². The van der Waals surface area contributed by atoms with E-state index in [1.54, 1.807) is 6.92 Å². The number of para-hydroxylation sites is 1. The fraction of sp³-hybridized carbons (Fsp3) is 0.571. The first kappa shape index (κ1) is 20.7. The first-order valence-electron chi connectivity index (χ1n) is 9.91. The minimum Gasteiger partial charge on any atom is -0.453 e. The van der Waals surface area contributed by atoms with Gasteiger partial charge in [0.1, 0.15) is 0 Å². The van der Waals surface area contributed by atoms with Crippen molar-refractivity contribution in [2.45, 2.75) is 68.7 Å². The van der Waals surface area contributed by atoms with Crippen LogP contribution in [0.25, 0.3) is 0 Å².